The summed E-state index contributed by atoms with van der Waals surface area (Å²) < 4.78 is 11.6. The minimum Gasteiger partial charge on any atom is -0.462 e. The smallest absolute Gasteiger partial charge is 0.311 e. The second-order valence-electron chi connectivity index (χ2n) is 10.3. The van der Waals surface area contributed by atoms with Gasteiger partial charge in [-0.1, -0.05) is 32.1 Å². The molecule has 1 fully saturated rings. The number of fused-ring (bicyclic) bond motifs is 1. The van der Waals surface area contributed by atoms with Crippen LogP contribution in [0.1, 0.15) is 66.2 Å². The summed E-state index contributed by atoms with van der Waals surface area (Å²) >= 11 is 0. The van der Waals surface area contributed by atoms with Crippen LogP contribution in [0.5, 0.6) is 0 Å². The van der Waals surface area contributed by atoms with Gasteiger partial charge in [-0.15, -0.1) is 0 Å². The van der Waals surface area contributed by atoms with Crippen LogP contribution >= 0.6 is 0 Å². The van der Waals surface area contributed by atoms with Crippen molar-refractivity contribution in [2.24, 2.45) is 34.8 Å². The Morgan fingerprint density at radius 1 is 1.32 bits per heavy atom. The normalized spacial score (nSPS) is 35.7. The van der Waals surface area contributed by atoms with Crippen molar-refractivity contribution in [3.63, 3.8) is 0 Å². The molecule has 0 aromatic heterocycles. The molecule has 0 aromatic rings. The Balaban J connectivity index is 1.79. The van der Waals surface area contributed by atoms with Gasteiger partial charge in [0.25, 0.3) is 0 Å². The van der Waals surface area contributed by atoms with Gasteiger partial charge in [-0.25, -0.2) is 0 Å². The van der Waals surface area contributed by atoms with E-state index in [1.54, 1.807) is 0 Å². The molecule has 0 aromatic carbocycles. The van der Waals surface area contributed by atoms with Crippen molar-refractivity contribution < 1.29 is 24.2 Å². The number of carbonyl (C=O) groups excluding carboxylic acids is 2. The molecule has 0 radical (unpaired) electrons. The Kier molecular flexibility index (Phi) is 7.63. The predicted octanol–water partition coefficient (Wildman–Crippen LogP) is 3.52. The number of carbonyl (C=O) groups is 2. The highest BCUT2D eigenvalue weighted by Crippen LogP contribution is 2.45. The minimum atomic E-state index is -0.615. The molecular weight excluding hydrogens is 394 g/mol. The topological polar surface area (TPSA) is 98.9 Å². The molecule has 3 rings (SSSR count). The van der Waals surface area contributed by atoms with Crippen molar-refractivity contribution in [2.75, 3.05) is 6.54 Å². The first-order valence-corrected chi connectivity index (χ1v) is 11.8. The van der Waals surface area contributed by atoms with E-state index in [1.165, 1.54) is 5.57 Å². The van der Waals surface area contributed by atoms with E-state index in [1.807, 2.05) is 20.8 Å². The third-order valence-corrected chi connectivity index (χ3v) is 7.53. The lowest BCUT2D eigenvalue weighted by Crippen LogP contribution is -2.44. The molecule has 0 amide bonds. The SMILES string of the molecule is CCC(C)(C)C(=O)O[C@H]1C[C@@H](CN)C=C2C=C[C@H](C)[C@H](CC[C@@H]3C[C@@H](O)CC(=O)O3)[C@H]21. The minimum absolute atomic E-state index is 0.0836. The van der Waals surface area contributed by atoms with Gasteiger partial charge in [-0.05, 0) is 69.4 Å². The summed E-state index contributed by atoms with van der Waals surface area (Å²) in [5.41, 5.74) is 6.68. The van der Waals surface area contributed by atoms with E-state index >= 15 is 0 Å². The van der Waals surface area contributed by atoms with Gasteiger partial charge in [-0.3, -0.25) is 9.59 Å². The fourth-order valence-corrected chi connectivity index (χ4v) is 5.12. The molecule has 7 atom stereocenters. The zero-order valence-corrected chi connectivity index (χ0v) is 19.4. The largest absolute Gasteiger partial charge is 0.462 e. The maximum absolute atomic E-state index is 12.9. The van der Waals surface area contributed by atoms with Crippen LogP contribution in [0.2, 0.25) is 0 Å². The van der Waals surface area contributed by atoms with E-state index in [9.17, 15) is 14.7 Å². The number of rotatable bonds is 7. The van der Waals surface area contributed by atoms with Crippen molar-refractivity contribution in [1.82, 2.24) is 0 Å². The van der Waals surface area contributed by atoms with Crippen LogP contribution in [0.25, 0.3) is 0 Å². The molecule has 0 unspecified atom stereocenters. The Labute approximate surface area is 186 Å². The van der Waals surface area contributed by atoms with Crippen LogP contribution < -0.4 is 5.73 Å². The van der Waals surface area contributed by atoms with Crippen molar-refractivity contribution in [2.45, 2.75) is 84.5 Å². The molecule has 0 spiro atoms. The second kappa shape index (κ2) is 9.86. The molecule has 6 heteroatoms. The maximum Gasteiger partial charge on any atom is 0.311 e. The van der Waals surface area contributed by atoms with Gasteiger partial charge in [0.1, 0.15) is 12.2 Å². The maximum atomic E-state index is 12.9. The molecule has 1 saturated heterocycles. The number of esters is 2. The fraction of sp³-hybridized carbons (Fsp3) is 0.760. The number of hydrogen-bond acceptors (Lipinski definition) is 6. The Morgan fingerprint density at radius 2 is 2.06 bits per heavy atom. The summed E-state index contributed by atoms with van der Waals surface area (Å²) in [6.45, 7) is 8.59. The van der Waals surface area contributed by atoms with Gasteiger partial charge in [0.05, 0.1) is 17.9 Å². The molecule has 174 valence electrons. The first kappa shape index (κ1) is 24.0. The monoisotopic (exact) mass is 433 g/mol. The van der Waals surface area contributed by atoms with Gasteiger partial charge < -0.3 is 20.3 Å². The number of allylic oxidation sites excluding steroid dienone is 2. The average molecular weight is 434 g/mol. The molecule has 1 aliphatic heterocycles. The summed E-state index contributed by atoms with van der Waals surface area (Å²) in [7, 11) is 0. The zero-order chi connectivity index (χ0) is 22.8. The van der Waals surface area contributed by atoms with Gasteiger partial charge >= 0.3 is 11.9 Å². The summed E-state index contributed by atoms with van der Waals surface area (Å²) in [4.78, 5) is 24.6. The summed E-state index contributed by atoms with van der Waals surface area (Å²) in [6, 6.07) is 0. The lowest BCUT2D eigenvalue weighted by Gasteiger charge is -2.44. The van der Waals surface area contributed by atoms with Crippen molar-refractivity contribution >= 4 is 11.9 Å². The predicted molar refractivity (Wildman–Crippen MR) is 119 cm³/mol. The molecule has 2 aliphatic carbocycles. The van der Waals surface area contributed by atoms with Gasteiger partial charge in [0, 0.05) is 12.3 Å². The molecule has 31 heavy (non-hydrogen) atoms. The summed E-state index contributed by atoms with van der Waals surface area (Å²) in [6.07, 6.45) is 9.17. The number of hydrogen-bond donors (Lipinski definition) is 2. The van der Waals surface area contributed by atoms with E-state index in [0.717, 1.165) is 19.3 Å². The van der Waals surface area contributed by atoms with Gasteiger partial charge in [0.15, 0.2) is 0 Å². The van der Waals surface area contributed by atoms with Crippen LogP contribution in [-0.4, -0.2) is 41.9 Å². The first-order valence-electron chi connectivity index (χ1n) is 11.8. The Bertz CT molecular complexity index is 727. The zero-order valence-electron chi connectivity index (χ0n) is 19.4. The molecule has 6 nitrogen and oxygen atoms in total. The van der Waals surface area contributed by atoms with Crippen LogP contribution in [0, 0.1) is 29.1 Å². The highest BCUT2D eigenvalue weighted by Gasteiger charge is 2.43. The molecule has 0 saturated carbocycles. The van der Waals surface area contributed by atoms with E-state index in [0.29, 0.717) is 25.3 Å². The van der Waals surface area contributed by atoms with Crippen LogP contribution in [0.4, 0.5) is 0 Å². The Morgan fingerprint density at radius 3 is 2.71 bits per heavy atom. The lowest BCUT2D eigenvalue weighted by molar-refractivity contribution is -0.166. The highest BCUT2D eigenvalue weighted by molar-refractivity contribution is 5.76. The standard InChI is InChI=1S/C25H39NO5/c1-5-25(3,4)24(29)31-21-11-16(14-26)10-17-7-6-15(2)20(23(17)21)9-8-19-12-18(27)13-22(28)30-19/h6-7,10,15-16,18-21,23,27H,5,8-9,11-14,26H2,1-4H3/t15-,16-,18+,19+,20-,21-,23-/m0/s1. The third-order valence-electron chi connectivity index (χ3n) is 7.53. The quantitative estimate of drug-likeness (QED) is 0.596. The molecular formula is C25H39NO5. The van der Waals surface area contributed by atoms with E-state index in [2.05, 4.69) is 25.2 Å². The molecule has 3 N–H and O–H groups in total. The molecule has 3 aliphatic rings. The third kappa shape index (κ3) is 5.58. The van der Waals surface area contributed by atoms with Crippen LogP contribution in [0.3, 0.4) is 0 Å². The molecule has 1 heterocycles. The number of nitrogens with two attached hydrogens (primary N) is 1. The van der Waals surface area contributed by atoms with Gasteiger partial charge in [0.2, 0.25) is 0 Å². The van der Waals surface area contributed by atoms with Gasteiger partial charge in [-0.2, -0.15) is 0 Å². The number of cyclic esters (lactones) is 1. The number of ether oxygens (including phenoxy) is 2. The van der Waals surface area contributed by atoms with Crippen molar-refractivity contribution in [3.05, 3.63) is 23.8 Å². The van der Waals surface area contributed by atoms with Crippen LogP contribution in [-0.2, 0) is 19.1 Å². The van der Waals surface area contributed by atoms with Crippen molar-refractivity contribution in [3.8, 4) is 0 Å². The van der Waals surface area contributed by atoms with E-state index < -0.39 is 11.5 Å². The second-order valence-corrected chi connectivity index (χ2v) is 10.3. The van der Waals surface area contributed by atoms with Crippen molar-refractivity contribution in [1.29, 1.82) is 0 Å². The first-order chi connectivity index (χ1) is 14.6. The fourth-order valence-electron chi connectivity index (χ4n) is 5.12. The average Bonchev–Trinajstić information content (AvgIpc) is 2.72. The Hall–Kier alpha value is -1.66. The highest BCUT2D eigenvalue weighted by atomic mass is 16.6. The summed E-state index contributed by atoms with van der Waals surface area (Å²) in [5.74, 6) is 0.433. The lowest BCUT2D eigenvalue weighted by atomic mass is 9.65. The molecule has 0 bridgehead atoms. The van der Waals surface area contributed by atoms with E-state index in [4.69, 9.17) is 15.2 Å². The number of aliphatic hydroxyl groups is 1. The number of aliphatic hydroxyl groups excluding tert-OH is 1. The van der Waals surface area contributed by atoms with E-state index in [-0.39, 0.29) is 48.3 Å². The van der Waals surface area contributed by atoms with Crippen LogP contribution in [0.15, 0.2) is 23.8 Å². The summed E-state index contributed by atoms with van der Waals surface area (Å²) in [5, 5.41) is 9.93.